The predicted molar refractivity (Wildman–Crippen MR) is 78.6 cm³/mol. The number of rotatable bonds is 6. The number of amidine groups is 1. The Morgan fingerprint density at radius 2 is 2.38 bits per heavy atom. The van der Waals surface area contributed by atoms with Crippen LogP contribution in [0.4, 0.5) is 11.5 Å². The van der Waals surface area contributed by atoms with Crippen molar-refractivity contribution < 1.29 is 10.1 Å². The summed E-state index contributed by atoms with van der Waals surface area (Å²) in [7, 11) is 0. The first kappa shape index (κ1) is 15.0. The van der Waals surface area contributed by atoms with Gasteiger partial charge in [0.25, 0.3) is 5.69 Å². The van der Waals surface area contributed by atoms with E-state index in [9.17, 15) is 10.1 Å². The van der Waals surface area contributed by atoms with Crippen LogP contribution in [-0.2, 0) is 0 Å². The Kier molecular flexibility index (Phi) is 4.56. The highest BCUT2D eigenvalue weighted by molar-refractivity contribution is 6.01. The van der Waals surface area contributed by atoms with Crippen molar-refractivity contribution in [2.45, 2.75) is 26.2 Å². The molecule has 1 aromatic rings. The van der Waals surface area contributed by atoms with Crippen LogP contribution in [0.5, 0.6) is 0 Å². The zero-order chi connectivity index (χ0) is 15.4. The summed E-state index contributed by atoms with van der Waals surface area (Å²) in [6.07, 6.45) is 4.81. The summed E-state index contributed by atoms with van der Waals surface area (Å²) in [4.78, 5) is 16.5. The molecule has 0 amide bonds. The molecule has 0 atom stereocenters. The minimum atomic E-state index is -0.548. The fourth-order valence-corrected chi connectivity index (χ4v) is 2.39. The Morgan fingerprint density at radius 1 is 1.67 bits per heavy atom. The number of hydrogen-bond donors (Lipinski definition) is 2. The average Bonchev–Trinajstić information content (AvgIpc) is 2.45. The van der Waals surface area contributed by atoms with Gasteiger partial charge >= 0.3 is 0 Å². The topological polar surface area (TPSA) is 118 Å². The second-order valence-corrected chi connectivity index (χ2v) is 5.14. The SMILES string of the molecule is CCN(CC1CCC1)c1ncc([N+](=O)[O-])cc1C(N)=NO. The molecule has 21 heavy (non-hydrogen) atoms. The van der Waals surface area contributed by atoms with Crippen molar-refractivity contribution >= 4 is 17.3 Å². The number of pyridine rings is 1. The molecule has 8 nitrogen and oxygen atoms in total. The molecule has 2 rings (SSSR count). The molecule has 0 saturated heterocycles. The van der Waals surface area contributed by atoms with E-state index in [-0.39, 0.29) is 17.1 Å². The highest BCUT2D eigenvalue weighted by atomic mass is 16.6. The molecule has 0 aliphatic heterocycles. The zero-order valence-electron chi connectivity index (χ0n) is 11.9. The third-order valence-corrected chi connectivity index (χ3v) is 3.83. The number of aromatic nitrogens is 1. The van der Waals surface area contributed by atoms with Gasteiger partial charge in [-0.1, -0.05) is 11.6 Å². The van der Waals surface area contributed by atoms with Gasteiger partial charge in [-0.3, -0.25) is 10.1 Å². The van der Waals surface area contributed by atoms with E-state index in [0.29, 0.717) is 18.3 Å². The highest BCUT2D eigenvalue weighted by Gasteiger charge is 2.24. The van der Waals surface area contributed by atoms with Crippen molar-refractivity contribution in [3.05, 3.63) is 27.9 Å². The third kappa shape index (κ3) is 3.21. The van der Waals surface area contributed by atoms with Crippen LogP contribution in [0.2, 0.25) is 0 Å². The first-order valence-electron chi connectivity index (χ1n) is 6.94. The minimum Gasteiger partial charge on any atom is -0.409 e. The van der Waals surface area contributed by atoms with Crippen molar-refractivity contribution in [3.8, 4) is 0 Å². The Morgan fingerprint density at radius 3 is 2.86 bits per heavy atom. The van der Waals surface area contributed by atoms with Crippen molar-refractivity contribution in [1.82, 2.24) is 4.98 Å². The number of nitrogens with two attached hydrogens (primary N) is 1. The molecule has 1 fully saturated rings. The summed E-state index contributed by atoms with van der Waals surface area (Å²) in [5, 5.41) is 22.7. The van der Waals surface area contributed by atoms with Gasteiger partial charge < -0.3 is 15.8 Å². The van der Waals surface area contributed by atoms with Gasteiger partial charge in [0.1, 0.15) is 12.0 Å². The molecule has 3 N–H and O–H groups in total. The maximum atomic E-state index is 10.9. The molecule has 1 heterocycles. The Labute approximate surface area is 122 Å². The van der Waals surface area contributed by atoms with Crippen LogP contribution >= 0.6 is 0 Å². The van der Waals surface area contributed by atoms with E-state index in [1.54, 1.807) is 0 Å². The Hall–Kier alpha value is -2.38. The van der Waals surface area contributed by atoms with E-state index >= 15 is 0 Å². The Balaban J connectivity index is 2.37. The van der Waals surface area contributed by atoms with Crippen LogP contribution in [0, 0.1) is 16.0 Å². The molecule has 0 bridgehead atoms. The monoisotopic (exact) mass is 293 g/mol. The van der Waals surface area contributed by atoms with E-state index in [1.165, 1.54) is 31.5 Å². The second-order valence-electron chi connectivity index (χ2n) is 5.14. The summed E-state index contributed by atoms with van der Waals surface area (Å²) in [6, 6.07) is 1.29. The van der Waals surface area contributed by atoms with Crippen LogP contribution in [0.15, 0.2) is 17.4 Å². The van der Waals surface area contributed by atoms with Crippen LogP contribution in [0.1, 0.15) is 31.7 Å². The molecular formula is C13H19N5O3. The summed E-state index contributed by atoms with van der Waals surface area (Å²) in [5.41, 5.74) is 5.75. The van der Waals surface area contributed by atoms with Gasteiger partial charge in [-0.15, -0.1) is 0 Å². The van der Waals surface area contributed by atoms with Gasteiger partial charge in [-0.2, -0.15) is 0 Å². The highest BCUT2D eigenvalue weighted by Crippen LogP contribution is 2.30. The van der Waals surface area contributed by atoms with Crippen LogP contribution in [-0.4, -0.2) is 34.0 Å². The summed E-state index contributed by atoms with van der Waals surface area (Å²) in [5.74, 6) is 0.959. The summed E-state index contributed by atoms with van der Waals surface area (Å²) >= 11 is 0. The van der Waals surface area contributed by atoms with Crippen molar-refractivity contribution in [1.29, 1.82) is 0 Å². The number of anilines is 1. The predicted octanol–water partition coefficient (Wildman–Crippen LogP) is 1.71. The summed E-state index contributed by atoms with van der Waals surface area (Å²) in [6.45, 7) is 3.51. The van der Waals surface area contributed by atoms with Gasteiger partial charge in [0.2, 0.25) is 0 Å². The lowest BCUT2D eigenvalue weighted by Gasteiger charge is -2.33. The standard InChI is InChI=1S/C13H19N5O3/c1-2-17(8-9-4-3-5-9)13-11(12(14)16-19)6-10(7-15-13)18(20)21/h6-7,9,19H,2-5,8H2,1H3,(H2,14,16). The molecule has 1 aromatic heterocycles. The number of nitrogens with zero attached hydrogens (tertiary/aromatic N) is 4. The molecule has 1 aliphatic rings. The molecule has 1 aliphatic carbocycles. The molecule has 0 radical (unpaired) electrons. The maximum Gasteiger partial charge on any atom is 0.288 e. The molecular weight excluding hydrogens is 274 g/mol. The molecule has 0 spiro atoms. The van der Waals surface area contributed by atoms with Gasteiger partial charge in [0, 0.05) is 19.2 Å². The molecule has 0 aromatic carbocycles. The van der Waals surface area contributed by atoms with Gasteiger partial charge in [0.05, 0.1) is 10.5 Å². The zero-order valence-corrected chi connectivity index (χ0v) is 11.9. The Bertz CT molecular complexity index is 557. The molecule has 114 valence electrons. The van der Waals surface area contributed by atoms with Gasteiger partial charge in [0.15, 0.2) is 5.84 Å². The molecule has 1 saturated carbocycles. The van der Waals surface area contributed by atoms with Crippen molar-refractivity contribution in [2.75, 3.05) is 18.0 Å². The largest absolute Gasteiger partial charge is 0.409 e. The third-order valence-electron chi connectivity index (χ3n) is 3.83. The maximum absolute atomic E-state index is 10.9. The smallest absolute Gasteiger partial charge is 0.288 e. The number of hydrogen-bond acceptors (Lipinski definition) is 6. The van der Waals surface area contributed by atoms with Crippen LogP contribution in [0.25, 0.3) is 0 Å². The first-order valence-corrected chi connectivity index (χ1v) is 6.94. The minimum absolute atomic E-state index is 0.173. The quantitative estimate of drug-likeness (QED) is 0.271. The lowest BCUT2D eigenvalue weighted by Crippen LogP contribution is -2.34. The van der Waals surface area contributed by atoms with Crippen molar-refractivity contribution in [3.63, 3.8) is 0 Å². The van der Waals surface area contributed by atoms with Crippen LogP contribution < -0.4 is 10.6 Å². The van der Waals surface area contributed by atoms with Crippen LogP contribution in [0.3, 0.4) is 0 Å². The fourth-order valence-electron chi connectivity index (χ4n) is 2.39. The van der Waals surface area contributed by atoms with E-state index in [0.717, 1.165) is 6.54 Å². The second kappa shape index (κ2) is 6.38. The number of oxime groups is 1. The van der Waals surface area contributed by atoms with E-state index in [1.807, 2.05) is 11.8 Å². The van der Waals surface area contributed by atoms with E-state index in [4.69, 9.17) is 10.9 Å². The first-order chi connectivity index (χ1) is 10.1. The van der Waals surface area contributed by atoms with E-state index in [2.05, 4.69) is 10.1 Å². The lowest BCUT2D eigenvalue weighted by molar-refractivity contribution is -0.385. The van der Waals surface area contributed by atoms with E-state index < -0.39 is 4.92 Å². The van der Waals surface area contributed by atoms with Crippen molar-refractivity contribution in [2.24, 2.45) is 16.8 Å². The number of nitro groups is 1. The lowest BCUT2D eigenvalue weighted by atomic mass is 9.85. The fraction of sp³-hybridized carbons (Fsp3) is 0.538. The van der Waals surface area contributed by atoms with Gasteiger partial charge in [-0.05, 0) is 25.7 Å². The molecule has 8 heteroatoms. The summed E-state index contributed by atoms with van der Waals surface area (Å²) < 4.78 is 0. The average molecular weight is 293 g/mol. The normalized spacial score (nSPS) is 15.6. The molecule has 0 unspecified atom stereocenters. The van der Waals surface area contributed by atoms with Gasteiger partial charge in [-0.25, -0.2) is 4.98 Å².